The van der Waals surface area contributed by atoms with E-state index < -0.39 is 15.6 Å². The third kappa shape index (κ3) is 5.89. The van der Waals surface area contributed by atoms with Crippen molar-refractivity contribution in [2.24, 2.45) is 5.92 Å². The highest BCUT2D eigenvalue weighted by molar-refractivity contribution is 7.91. The highest BCUT2D eigenvalue weighted by atomic mass is 32.2. The summed E-state index contributed by atoms with van der Waals surface area (Å²) in [6.07, 6.45) is 3.71. The molecular formula is C33H39N3O6S. The summed E-state index contributed by atoms with van der Waals surface area (Å²) >= 11 is 0. The van der Waals surface area contributed by atoms with Gasteiger partial charge in [-0.05, 0) is 93.4 Å². The van der Waals surface area contributed by atoms with Gasteiger partial charge in [0.05, 0.1) is 30.1 Å². The number of hydrogen-bond donors (Lipinski definition) is 1. The van der Waals surface area contributed by atoms with Gasteiger partial charge in [0.2, 0.25) is 9.84 Å². The molecule has 6 rings (SSSR count). The van der Waals surface area contributed by atoms with Gasteiger partial charge >= 0.3 is 0 Å². The number of benzene rings is 3. The van der Waals surface area contributed by atoms with E-state index in [9.17, 15) is 13.2 Å². The van der Waals surface area contributed by atoms with E-state index in [1.54, 1.807) is 55.6 Å². The minimum atomic E-state index is -3.67. The molecule has 3 fully saturated rings. The van der Waals surface area contributed by atoms with Crippen molar-refractivity contribution in [3.63, 3.8) is 0 Å². The molecule has 0 saturated carbocycles. The topological polar surface area (TPSA) is 111 Å². The van der Waals surface area contributed by atoms with E-state index in [2.05, 4.69) is 4.90 Å². The van der Waals surface area contributed by atoms with Crippen LogP contribution in [0.1, 0.15) is 41.6 Å². The largest absolute Gasteiger partial charge is 0.497 e. The van der Waals surface area contributed by atoms with Crippen molar-refractivity contribution < 1.29 is 27.4 Å². The molecule has 3 aromatic carbocycles. The lowest BCUT2D eigenvalue weighted by Crippen LogP contribution is -2.51. The van der Waals surface area contributed by atoms with Crippen LogP contribution in [0, 0.1) is 5.92 Å². The van der Waals surface area contributed by atoms with Gasteiger partial charge in [-0.1, -0.05) is 18.2 Å². The number of carbonyl (C=O) groups is 1. The Balaban J connectivity index is 1.08. The number of sulfone groups is 1. The number of nitrogen functional groups attached to an aromatic ring is 1. The molecule has 3 aliphatic rings. The Kier molecular flexibility index (Phi) is 8.46. The fraction of sp³-hybridized carbons (Fsp3) is 0.424. The molecule has 43 heavy (non-hydrogen) atoms. The Hall–Kier alpha value is -3.44. The van der Waals surface area contributed by atoms with Crippen LogP contribution in [0.25, 0.3) is 0 Å². The Morgan fingerprint density at radius 3 is 2.05 bits per heavy atom. The maximum Gasteiger partial charge on any atom is 0.253 e. The molecule has 0 atom stereocenters. The van der Waals surface area contributed by atoms with Gasteiger partial charge in [-0.25, -0.2) is 8.42 Å². The zero-order chi connectivity index (χ0) is 30.0. The van der Waals surface area contributed by atoms with Crippen molar-refractivity contribution in [1.82, 2.24) is 9.80 Å². The van der Waals surface area contributed by atoms with E-state index in [1.807, 2.05) is 29.2 Å². The molecule has 0 aromatic heterocycles. The summed E-state index contributed by atoms with van der Waals surface area (Å²) in [6, 6.07) is 21.0. The molecule has 9 nitrogen and oxygen atoms in total. The van der Waals surface area contributed by atoms with Crippen LogP contribution in [0.2, 0.25) is 0 Å². The zero-order valence-corrected chi connectivity index (χ0v) is 25.3. The summed E-state index contributed by atoms with van der Waals surface area (Å²) in [4.78, 5) is 17.9. The van der Waals surface area contributed by atoms with Gasteiger partial charge in [0.25, 0.3) is 5.91 Å². The second kappa shape index (κ2) is 12.3. The number of anilines is 1. The molecule has 10 heteroatoms. The van der Waals surface area contributed by atoms with Crippen LogP contribution in [0.3, 0.4) is 0 Å². The highest BCUT2D eigenvalue weighted by Gasteiger charge is 2.47. The van der Waals surface area contributed by atoms with E-state index in [-0.39, 0.29) is 21.6 Å². The average molecular weight is 606 g/mol. The number of rotatable bonds is 7. The van der Waals surface area contributed by atoms with Crippen molar-refractivity contribution in [3.05, 3.63) is 83.9 Å². The third-order valence-electron chi connectivity index (χ3n) is 9.12. The Morgan fingerprint density at radius 1 is 0.860 bits per heavy atom. The summed E-state index contributed by atoms with van der Waals surface area (Å²) in [6.45, 7) is 4.34. The molecule has 2 N–H and O–H groups in total. The quantitative estimate of drug-likeness (QED) is 0.397. The van der Waals surface area contributed by atoms with Gasteiger partial charge in [0.1, 0.15) is 5.75 Å². The molecule has 0 unspecified atom stereocenters. The standard InChI is InChI=1S/C33H39N3O6S/c1-40-29-7-11-31(12-8-29)43(38,39)30-9-5-25(6-10-30)33(41-21-22-42-33)26-13-17-35(18-14-26)28-15-19-36(20-16-28)32(37)24-3-2-4-27(34)23-24/h2-12,23,26,28H,13-22,34H2,1H3. The Morgan fingerprint density at radius 2 is 1.47 bits per heavy atom. The normalized spacial score (nSPS) is 20.3. The second-order valence-corrected chi connectivity index (χ2v) is 13.5. The molecule has 0 bridgehead atoms. The number of carbonyl (C=O) groups excluding carboxylic acids is 1. The highest BCUT2D eigenvalue weighted by Crippen LogP contribution is 2.44. The predicted octanol–water partition coefficient (Wildman–Crippen LogP) is 4.33. The van der Waals surface area contributed by atoms with Crippen molar-refractivity contribution in [3.8, 4) is 5.75 Å². The SMILES string of the molecule is COc1ccc(S(=O)(=O)c2ccc(C3(C4CCN(C5CCN(C(=O)c6cccc(N)c6)CC5)CC4)OCCO3)cc2)cc1. The summed E-state index contributed by atoms with van der Waals surface area (Å²) in [5.41, 5.74) is 7.98. The molecule has 1 amide bonds. The first-order valence-corrected chi connectivity index (χ1v) is 16.4. The first kappa shape index (κ1) is 29.6. The van der Waals surface area contributed by atoms with E-state index in [1.165, 1.54) is 0 Å². The van der Waals surface area contributed by atoms with Gasteiger partial charge in [-0.2, -0.15) is 0 Å². The molecule has 3 heterocycles. The maximum absolute atomic E-state index is 13.2. The van der Waals surface area contributed by atoms with E-state index in [0.29, 0.717) is 36.3 Å². The minimum Gasteiger partial charge on any atom is -0.497 e. The monoisotopic (exact) mass is 605 g/mol. The number of nitrogens with two attached hydrogens (primary N) is 1. The van der Waals surface area contributed by atoms with Gasteiger partial charge < -0.3 is 29.7 Å². The predicted molar refractivity (Wildman–Crippen MR) is 163 cm³/mol. The van der Waals surface area contributed by atoms with E-state index in [4.69, 9.17) is 19.9 Å². The first-order chi connectivity index (χ1) is 20.8. The Labute approximate surface area is 253 Å². The summed E-state index contributed by atoms with van der Waals surface area (Å²) in [7, 11) is -2.12. The van der Waals surface area contributed by atoms with Crippen molar-refractivity contribution >= 4 is 21.4 Å². The first-order valence-electron chi connectivity index (χ1n) is 15.0. The van der Waals surface area contributed by atoms with Crippen molar-refractivity contribution in [1.29, 1.82) is 0 Å². The fourth-order valence-electron chi connectivity index (χ4n) is 6.76. The van der Waals surface area contributed by atoms with E-state index in [0.717, 1.165) is 57.4 Å². The molecule has 3 aromatic rings. The summed E-state index contributed by atoms with van der Waals surface area (Å²) in [5, 5.41) is 0. The number of hydrogen-bond acceptors (Lipinski definition) is 8. The van der Waals surface area contributed by atoms with Crippen LogP contribution in [-0.4, -0.2) is 76.7 Å². The molecular weight excluding hydrogens is 566 g/mol. The lowest BCUT2D eigenvalue weighted by molar-refractivity contribution is -0.215. The summed E-state index contributed by atoms with van der Waals surface area (Å²) < 4.78 is 44.3. The number of amides is 1. The van der Waals surface area contributed by atoms with E-state index >= 15 is 0 Å². The molecule has 0 radical (unpaired) electrons. The smallest absolute Gasteiger partial charge is 0.253 e. The minimum absolute atomic E-state index is 0.0461. The van der Waals surface area contributed by atoms with Gasteiger partial charge in [-0.3, -0.25) is 4.79 Å². The molecule has 3 saturated heterocycles. The van der Waals surface area contributed by atoms with Crippen molar-refractivity contribution in [2.75, 3.05) is 52.2 Å². The third-order valence-corrected chi connectivity index (χ3v) is 10.9. The second-order valence-electron chi connectivity index (χ2n) is 11.5. The lowest BCUT2D eigenvalue weighted by atomic mass is 9.83. The lowest BCUT2D eigenvalue weighted by Gasteiger charge is -2.45. The van der Waals surface area contributed by atoms with Crippen LogP contribution >= 0.6 is 0 Å². The Bertz CT molecular complexity index is 1520. The molecule has 3 aliphatic heterocycles. The number of likely N-dealkylation sites (tertiary alicyclic amines) is 2. The fourth-order valence-corrected chi connectivity index (χ4v) is 8.02. The maximum atomic E-state index is 13.2. The van der Waals surface area contributed by atoms with Crippen LogP contribution in [0.5, 0.6) is 5.75 Å². The van der Waals surface area contributed by atoms with Crippen LogP contribution in [0.15, 0.2) is 82.6 Å². The summed E-state index contributed by atoms with van der Waals surface area (Å²) in [5.74, 6) is -0.0698. The van der Waals surface area contributed by atoms with Crippen molar-refractivity contribution in [2.45, 2.75) is 47.3 Å². The molecule has 228 valence electrons. The van der Waals surface area contributed by atoms with Crippen LogP contribution in [-0.2, 0) is 25.1 Å². The average Bonchev–Trinajstić information content (AvgIpc) is 3.56. The molecule has 0 aliphatic carbocycles. The van der Waals surface area contributed by atoms with Gasteiger partial charge in [0, 0.05) is 41.9 Å². The van der Waals surface area contributed by atoms with Gasteiger partial charge in [-0.15, -0.1) is 0 Å². The number of nitrogens with zero attached hydrogens (tertiary/aromatic N) is 2. The number of methoxy groups -OCH3 is 1. The van der Waals surface area contributed by atoms with Gasteiger partial charge in [0.15, 0.2) is 5.79 Å². The zero-order valence-electron chi connectivity index (χ0n) is 24.5. The number of piperidine rings is 2. The van der Waals surface area contributed by atoms with Crippen LogP contribution < -0.4 is 10.5 Å². The van der Waals surface area contributed by atoms with Crippen LogP contribution in [0.4, 0.5) is 5.69 Å². The number of ether oxygens (including phenoxy) is 3. The molecule has 0 spiro atoms.